The number of amides is 4. The highest BCUT2D eigenvalue weighted by Gasteiger charge is 2.37. The van der Waals surface area contributed by atoms with Crippen LogP contribution in [-0.4, -0.2) is 24.5 Å². The van der Waals surface area contributed by atoms with E-state index in [0.717, 1.165) is 16.0 Å². The molecule has 7 nitrogen and oxygen atoms in total. The van der Waals surface area contributed by atoms with Gasteiger partial charge in [-0.05, 0) is 71.2 Å². The van der Waals surface area contributed by atoms with Gasteiger partial charge in [0.05, 0.1) is 21.8 Å². The lowest BCUT2D eigenvalue weighted by Crippen LogP contribution is -2.54. The summed E-state index contributed by atoms with van der Waals surface area (Å²) in [5.74, 6) is -0.659. The molecule has 3 aromatic carbocycles. The van der Waals surface area contributed by atoms with Crippen molar-refractivity contribution in [1.29, 1.82) is 0 Å². The van der Waals surface area contributed by atoms with Crippen LogP contribution < -0.4 is 19.7 Å². The van der Waals surface area contributed by atoms with Gasteiger partial charge in [-0.15, -0.1) is 0 Å². The minimum Gasteiger partial charge on any atom is -0.490 e. The van der Waals surface area contributed by atoms with E-state index >= 15 is 0 Å². The predicted molar refractivity (Wildman–Crippen MR) is 141 cm³/mol. The Hall–Kier alpha value is -3.62. The molecule has 1 N–H and O–H groups in total. The second-order valence-corrected chi connectivity index (χ2v) is 9.21. The maximum Gasteiger partial charge on any atom is 0.335 e. The number of hydrogen-bond acceptors (Lipinski definition) is 5. The van der Waals surface area contributed by atoms with Gasteiger partial charge in [-0.25, -0.2) is 9.69 Å². The molecule has 0 bridgehead atoms. The lowest BCUT2D eigenvalue weighted by molar-refractivity contribution is -0.122. The number of carbonyl (C=O) groups is 3. The minimum atomic E-state index is -0.869. The van der Waals surface area contributed by atoms with Gasteiger partial charge in [0.2, 0.25) is 0 Å². The van der Waals surface area contributed by atoms with Gasteiger partial charge in [0, 0.05) is 0 Å². The van der Waals surface area contributed by atoms with Crippen LogP contribution in [0.3, 0.4) is 0 Å². The Morgan fingerprint density at radius 1 is 1.03 bits per heavy atom. The Labute approximate surface area is 221 Å². The van der Waals surface area contributed by atoms with Crippen molar-refractivity contribution in [3.05, 3.63) is 92.4 Å². The van der Waals surface area contributed by atoms with Crippen LogP contribution in [0.2, 0.25) is 5.02 Å². The maximum absolute atomic E-state index is 13.2. The van der Waals surface area contributed by atoms with Crippen molar-refractivity contribution >= 4 is 57.1 Å². The third kappa shape index (κ3) is 5.45. The van der Waals surface area contributed by atoms with E-state index in [9.17, 15) is 14.4 Å². The molecule has 1 saturated heterocycles. The number of para-hydroxylation sites is 1. The van der Waals surface area contributed by atoms with Crippen LogP contribution >= 0.6 is 27.5 Å². The van der Waals surface area contributed by atoms with Crippen LogP contribution in [0.1, 0.15) is 23.6 Å². The van der Waals surface area contributed by atoms with Gasteiger partial charge in [0.25, 0.3) is 11.8 Å². The van der Waals surface area contributed by atoms with Crippen LogP contribution in [0.5, 0.6) is 11.5 Å². The summed E-state index contributed by atoms with van der Waals surface area (Å²) < 4.78 is 12.4. The molecule has 9 heteroatoms. The number of rotatable bonds is 7. The molecule has 0 aliphatic carbocycles. The van der Waals surface area contributed by atoms with Gasteiger partial charge in [-0.3, -0.25) is 14.9 Å². The van der Waals surface area contributed by atoms with Crippen molar-refractivity contribution in [3.63, 3.8) is 0 Å². The molecule has 0 spiro atoms. The summed E-state index contributed by atoms with van der Waals surface area (Å²) in [5.41, 5.74) is 2.60. The summed E-state index contributed by atoms with van der Waals surface area (Å²) in [4.78, 5) is 39.1. The van der Waals surface area contributed by atoms with E-state index in [0.29, 0.717) is 34.7 Å². The van der Waals surface area contributed by atoms with E-state index in [1.54, 1.807) is 30.3 Å². The molecule has 36 heavy (non-hydrogen) atoms. The summed E-state index contributed by atoms with van der Waals surface area (Å²) in [6.07, 6.45) is 1.39. The van der Waals surface area contributed by atoms with Crippen molar-refractivity contribution < 1.29 is 23.9 Å². The Bertz CT molecular complexity index is 1370. The number of nitrogens with one attached hydrogen (secondary N) is 1. The Balaban J connectivity index is 1.66. The van der Waals surface area contributed by atoms with Gasteiger partial charge >= 0.3 is 6.03 Å². The number of aryl methyl sites for hydroxylation is 1. The quantitative estimate of drug-likeness (QED) is 0.276. The number of hydrogen-bond donors (Lipinski definition) is 1. The van der Waals surface area contributed by atoms with Gasteiger partial charge < -0.3 is 9.47 Å². The number of urea groups is 1. The third-order valence-electron chi connectivity index (χ3n) is 5.34. The number of benzene rings is 3. The number of barbiturate groups is 1. The fourth-order valence-corrected chi connectivity index (χ4v) is 4.38. The second-order valence-electron chi connectivity index (χ2n) is 7.95. The van der Waals surface area contributed by atoms with Gasteiger partial charge in [-0.2, -0.15) is 0 Å². The molecule has 1 fully saturated rings. The van der Waals surface area contributed by atoms with Crippen molar-refractivity contribution in [1.82, 2.24) is 5.32 Å². The molecule has 4 amide bonds. The molecule has 4 rings (SSSR count). The Morgan fingerprint density at radius 2 is 1.75 bits per heavy atom. The molecule has 0 atom stereocenters. The highest BCUT2D eigenvalue weighted by atomic mass is 79.9. The third-order valence-corrected chi connectivity index (χ3v) is 6.25. The first-order chi connectivity index (χ1) is 17.3. The predicted octanol–water partition coefficient (Wildman–Crippen LogP) is 6.06. The summed E-state index contributed by atoms with van der Waals surface area (Å²) in [6.45, 7) is 4.56. The SMILES string of the molecule is CCOc1cc(/C=C2\C(=O)NC(=O)N(c3ccccc3Cl)C2=O)cc(Br)c1OCc1ccc(C)cc1. The molecule has 0 aromatic heterocycles. The van der Waals surface area contributed by atoms with E-state index in [4.69, 9.17) is 21.1 Å². The zero-order valence-electron chi connectivity index (χ0n) is 19.5. The van der Waals surface area contributed by atoms with Crippen LogP contribution in [0.15, 0.2) is 70.7 Å². The smallest absolute Gasteiger partial charge is 0.335 e. The molecular weight excluding hydrogens is 548 g/mol. The van der Waals surface area contributed by atoms with E-state index < -0.39 is 17.8 Å². The minimum absolute atomic E-state index is 0.177. The fourth-order valence-electron chi connectivity index (χ4n) is 3.59. The normalized spacial score (nSPS) is 14.7. The first-order valence-electron chi connectivity index (χ1n) is 11.1. The van der Waals surface area contributed by atoms with Crippen LogP contribution in [0, 0.1) is 6.92 Å². The summed E-state index contributed by atoms with van der Waals surface area (Å²) in [7, 11) is 0. The van der Waals surface area contributed by atoms with Crippen molar-refractivity contribution in [2.24, 2.45) is 0 Å². The largest absolute Gasteiger partial charge is 0.490 e. The highest BCUT2D eigenvalue weighted by molar-refractivity contribution is 9.10. The van der Waals surface area contributed by atoms with Gasteiger partial charge in [0.1, 0.15) is 12.2 Å². The lowest BCUT2D eigenvalue weighted by atomic mass is 10.1. The zero-order chi connectivity index (χ0) is 25.8. The van der Waals surface area contributed by atoms with Crippen LogP contribution in [-0.2, 0) is 16.2 Å². The van der Waals surface area contributed by atoms with Crippen molar-refractivity contribution in [3.8, 4) is 11.5 Å². The van der Waals surface area contributed by atoms with Crippen molar-refractivity contribution in [2.45, 2.75) is 20.5 Å². The van der Waals surface area contributed by atoms with E-state index in [-0.39, 0.29) is 16.3 Å². The molecule has 3 aromatic rings. The number of nitrogens with zero attached hydrogens (tertiary/aromatic N) is 1. The number of carbonyl (C=O) groups excluding carboxylic acids is 3. The average Bonchev–Trinajstić information content (AvgIpc) is 2.83. The van der Waals surface area contributed by atoms with Crippen LogP contribution in [0.4, 0.5) is 10.5 Å². The number of imide groups is 2. The standard InChI is InChI=1S/C27H22BrClN2O5/c1-3-35-23-14-18(13-20(28)24(23)36-15-17-10-8-16(2)9-11-17)12-19-25(32)30-27(34)31(26(19)33)22-7-5-4-6-21(22)29/h4-14H,3,15H2,1-2H3,(H,30,32,34)/b19-12+. The van der Waals surface area contributed by atoms with E-state index in [1.807, 2.05) is 38.1 Å². The van der Waals surface area contributed by atoms with Gasteiger partial charge in [0.15, 0.2) is 11.5 Å². The second kappa shape index (κ2) is 11.0. The van der Waals surface area contributed by atoms with Crippen LogP contribution in [0.25, 0.3) is 6.08 Å². The molecule has 0 unspecified atom stereocenters. The zero-order valence-corrected chi connectivity index (χ0v) is 21.9. The molecule has 0 saturated carbocycles. The maximum atomic E-state index is 13.2. The van der Waals surface area contributed by atoms with Crippen molar-refractivity contribution in [2.75, 3.05) is 11.5 Å². The first-order valence-corrected chi connectivity index (χ1v) is 12.3. The summed E-state index contributed by atoms with van der Waals surface area (Å²) in [5, 5.41) is 2.40. The monoisotopic (exact) mass is 568 g/mol. The topological polar surface area (TPSA) is 84.9 Å². The van der Waals surface area contributed by atoms with E-state index in [2.05, 4.69) is 21.2 Å². The molecular formula is C27H22BrClN2O5. The molecule has 0 radical (unpaired) electrons. The molecule has 1 heterocycles. The molecule has 1 aliphatic rings. The first kappa shape index (κ1) is 25.5. The lowest BCUT2D eigenvalue weighted by Gasteiger charge is -2.27. The molecule has 1 aliphatic heterocycles. The number of anilines is 1. The van der Waals surface area contributed by atoms with Gasteiger partial charge in [-0.1, -0.05) is 53.6 Å². The highest BCUT2D eigenvalue weighted by Crippen LogP contribution is 2.38. The Kier molecular flexibility index (Phi) is 7.76. The number of halogens is 2. The summed E-state index contributed by atoms with van der Waals surface area (Å²) in [6, 6.07) is 16.9. The fraction of sp³-hybridized carbons (Fsp3) is 0.148. The molecule has 184 valence electrons. The average molecular weight is 570 g/mol. The Morgan fingerprint density at radius 3 is 2.44 bits per heavy atom. The summed E-state index contributed by atoms with van der Waals surface area (Å²) >= 11 is 9.71. The van der Waals surface area contributed by atoms with E-state index in [1.165, 1.54) is 12.1 Å². The number of ether oxygens (including phenoxy) is 2.